The number of methoxy groups -OCH3 is 1. The van der Waals surface area contributed by atoms with E-state index in [-0.39, 0.29) is 23.4 Å². The normalized spacial score (nSPS) is 18.6. The molecule has 1 aromatic rings. The van der Waals surface area contributed by atoms with Gasteiger partial charge in [0.15, 0.2) is 0 Å². The van der Waals surface area contributed by atoms with Crippen molar-refractivity contribution in [1.29, 1.82) is 0 Å². The molecule has 134 valence electrons. The van der Waals surface area contributed by atoms with E-state index in [1.165, 1.54) is 19.2 Å². The van der Waals surface area contributed by atoms with Crippen LogP contribution in [0.5, 0.6) is 0 Å². The molecule has 1 aliphatic heterocycles. The van der Waals surface area contributed by atoms with Crippen LogP contribution in [-0.4, -0.2) is 52.1 Å². The molecule has 0 bridgehead atoms. The first-order valence-corrected chi connectivity index (χ1v) is 9.87. The Balaban J connectivity index is 2.18. The van der Waals surface area contributed by atoms with Gasteiger partial charge in [0, 0.05) is 31.8 Å². The minimum atomic E-state index is -3.64. The van der Waals surface area contributed by atoms with E-state index >= 15 is 0 Å². The van der Waals surface area contributed by atoms with Gasteiger partial charge in [0.05, 0.1) is 11.5 Å². The average molecular weight is 354 g/mol. The van der Waals surface area contributed by atoms with E-state index in [1.807, 2.05) is 4.90 Å². The predicted molar refractivity (Wildman–Crippen MR) is 92.5 cm³/mol. The van der Waals surface area contributed by atoms with E-state index in [4.69, 9.17) is 4.74 Å². The molecule has 6 nitrogen and oxygen atoms in total. The zero-order valence-electron chi connectivity index (χ0n) is 14.3. The molecular weight excluding hydrogens is 328 g/mol. The van der Waals surface area contributed by atoms with Crippen LogP contribution in [0.2, 0.25) is 0 Å². The average Bonchev–Trinajstić information content (AvgIpc) is 2.61. The SMILES string of the molecule is CCC1CCCCN1C(=O)c1cccc(S(=O)(=O)NCCOC)c1. The lowest BCUT2D eigenvalue weighted by Crippen LogP contribution is -2.43. The lowest BCUT2D eigenvalue weighted by Gasteiger charge is -2.35. The molecule has 1 saturated heterocycles. The van der Waals surface area contributed by atoms with Crippen LogP contribution in [0.1, 0.15) is 43.0 Å². The van der Waals surface area contributed by atoms with Crippen LogP contribution in [0.3, 0.4) is 0 Å². The number of likely N-dealkylation sites (tertiary alicyclic amines) is 1. The molecule has 1 aromatic carbocycles. The molecule has 2 rings (SSSR count). The highest BCUT2D eigenvalue weighted by Crippen LogP contribution is 2.22. The highest BCUT2D eigenvalue weighted by atomic mass is 32.2. The molecule has 7 heteroatoms. The van der Waals surface area contributed by atoms with Crippen molar-refractivity contribution < 1.29 is 17.9 Å². The van der Waals surface area contributed by atoms with E-state index in [0.717, 1.165) is 32.2 Å². The van der Waals surface area contributed by atoms with E-state index in [9.17, 15) is 13.2 Å². The number of carbonyl (C=O) groups is 1. The Morgan fingerprint density at radius 2 is 2.17 bits per heavy atom. The van der Waals surface area contributed by atoms with Crippen molar-refractivity contribution in [2.24, 2.45) is 0 Å². The molecule has 1 amide bonds. The molecule has 1 N–H and O–H groups in total. The van der Waals surface area contributed by atoms with Gasteiger partial charge in [0.2, 0.25) is 10.0 Å². The molecule has 1 unspecified atom stereocenters. The molecular formula is C17H26N2O4S. The Kier molecular flexibility index (Phi) is 6.77. The summed E-state index contributed by atoms with van der Waals surface area (Å²) in [6.07, 6.45) is 4.07. The number of piperidine rings is 1. The van der Waals surface area contributed by atoms with Gasteiger partial charge in [0.25, 0.3) is 5.91 Å². The summed E-state index contributed by atoms with van der Waals surface area (Å²) >= 11 is 0. The van der Waals surface area contributed by atoms with Crippen molar-refractivity contribution in [2.45, 2.75) is 43.5 Å². The predicted octanol–water partition coefficient (Wildman–Crippen LogP) is 2.02. The highest BCUT2D eigenvalue weighted by Gasteiger charge is 2.27. The van der Waals surface area contributed by atoms with Gasteiger partial charge in [-0.05, 0) is 43.9 Å². The second kappa shape index (κ2) is 8.60. The summed E-state index contributed by atoms with van der Waals surface area (Å²) in [5.41, 5.74) is 0.421. The maximum absolute atomic E-state index is 12.8. The Hall–Kier alpha value is -1.44. The first-order chi connectivity index (χ1) is 11.5. The Morgan fingerprint density at radius 3 is 2.88 bits per heavy atom. The van der Waals surface area contributed by atoms with Gasteiger partial charge in [-0.1, -0.05) is 13.0 Å². The van der Waals surface area contributed by atoms with Gasteiger partial charge >= 0.3 is 0 Å². The standard InChI is InChI=1S/C17H26N2O4S/c1-3-15-8-4-5-11-19(15)17(20)14-7-6-9-16(13-14)24(21,22)18-10-12-23-2/h6-7,9,13,15,18H,3-5,8,10-12H2,1-2H3. The number of rotatable bonds is 7. The van der Waals surface area contributed by atoms with Crippen LogP contribution in [0.4, 0.5) is 0 Å². The number of ether oxygens (including phenoxy) is 1. The van der Waals surface area contributed by atoms with Gasteiger partial charge in [-0.3, -0.25) is 4.79 Å². The zero-order chi connectivity index (χ0) is 17.6. The van der Waals surface area contributed by atoms with Crippen molar-refractivity contribution in [3.63, 3.8) is 0 Å². The van der Waals surface area contributed by atoms with E-state index in [0.29, 0.717) is 12.2 Å². The molecule has 1 fully saturated rings. The van der Waals surface area contributed by atoms with Gasteiger partial charge in [-0.25, -0.2) is 13.1 Å². The largest absolute Gasteiger partial charge is 0.383 e. The van der Waals surface area contributed by atoms with Gasteiger partial charge in [-0.15, -0.1) is 0 Å². The minimum absolute atomic E-state index is 0.0875. The van der Waals surface area contributed by atoms with Crippen LogP contribution in [0.15, 0.2) is 29.2 Å². The van der Waals surface area contributed by atoms with Crippen LogP contribution < -0.4 is 4.72 Å². The fourth-order valence-electron chi connectivity index (χ4n) is 3.02. The third-order valence-corrected chi connectivity index (χ3v) is 5.81. The Bertz CT molecular complexity index is 660. The Labute approximate surface area is 144 Å². The van der Waals surface area contributed by atoms with Gasteiger partial charge < -0.3 is 9.64 Å². The second-order valence-electron chi connectivity index (χ2n) is 5.97. The van der Waals surface area contributed by atoms with Crippen LogP contribution in [0, 0.1) is 0 Å². The number of benzene rings is 1. The van der Waals surface area contributed by atoms with Gasteiger partial charge in [-0.2, -0.15) is 0 Å². The lowest BCUT2D eigenvalue weighted by atomic mass is 9.99. The number of hydrogen-bond acceptors (Lipinski definition) is 4. The molecule has 0 spiro atoms. The third kappa shape index (κ3) is 4.55. The van der Waals surface area contributed by atoms with Gasteiger partial charge in [0.1, 0.15) is 0 Å². The van der Waals surface area contributed by atoms with Crippen LogP contribution in [0.25, 0.3) is 0 Å². The summed E-state index contributed by atoms with van der Waals surface area (Å²) < 4.78 is 31.9. The minimum Gasteiger partial charge on any atom is -0.383 e. The summed E-state index contributed by atoms with van der Waals surface area (Å²) in [5, 5.41) is 0. The summed E-state index contributed by atoms with van der Waals surface area (Å²) in [4.78, 5) is 14.8. The van der Waals surface area contributed by atoms with Crippen LogP contribution >= 0.6 is 0 Å². The van der Waals surface area contributed by atoms with E-state index < -0.39 is 10.0 Å². The third-order valence-electron chi connectivity index (χ3n) is 4.35. The van der Waals surface area contributed by atoms with Crippen molar-refractivity contribution in [1.82, 2.24) is 9.62 Å². The molecule has 1 heterocycles. The summed E-state index contributed by atoms with van der Waals surface area (Å²) in [6, 6.07) is 6.49. The van der Waals surface area contributed by atoms with Crippen molar-refractivity contribution in [2.75, 3.05) is 26.8 Å². The quantitative estimate of drug-likeness (QED) is 0.760. The summed E-state index contributed by atoms with van der Waals surface area (Å²) in [7, 11) is -2.13. The highest BCUT2D eigenvalue weighted by molar-refractivity contribution is 7.89. The zero-order valence-corrected chi connectivity index (χ0v) is 15.1. The second-order valence-corrected chi connectivity index (χ2v) is 7.74. The molecule has 0 aliphatic carbocycles. The fraction of sp³-hybridized carbons (Fsp3) is 0.588. The smallest absolute Gasteiger partial charge is 0.254 e. The molecule has 0 aromatic heterocycles. The summed E-state index contributed by atoms with van der Waals surface area (Å²) in [5.74, 6) is -0.0875. The number of sulfonamides is 1. The maximum atomic E-state index is 12.8. The van der Waals surface area contributed by atoms with Crippen molar-refractivity contribution >= 4 is 15.9 Å². The van der Waals surface area contributed by atoms with Crippen molar-refractivity contribution in [3.8, 4) is 0 Å². The number of hydrogen-bond donors (Lipinski definition) is 1. The molecule has 1 atom stereocenters. The fourth-order valence-corrected chi connectivity index (χ4v) is 4.07. The van der Waals surface area contributed by atoms with Crippen LogP contribution in [-0.2, 0) is 14.8 Å². The number of nitrogens with zero attached hydrogens (tertiary/aromatic N) is 1. The van der Waals surface area contributed by atoms with E-state index in [2.05, 4.69) is 11.6 Å². The molecule has 0 saturated carbocycles. The first kappa shape index (κ1) is 18.9. The maximum Gasteiger partial charge on any atom is 0.254 e. The molecule has 1 aliphatic rings. The lowest BCUT2D eigenvalue weighted by molar-refractivity contribution is 0.0608. The van der Waals surface area contributed by atoms with Crippen molar-refractivity contribution in [3.05, 3.63) is 29.8 Å². The monoisotopic (exact) mass is 354 g/mol. The van der Waals surface area contributed by atoms with E-state index in [1.54, 1.807) is 12.1 Å². The molecule has 24 heavy (non-hydrogen) atoms. The topological polar surface area (TPSA) is 75.7 Å². The number of carbonyl (C=O) groups excluding carboxylic acids is 1. The Morgan fingerprint density at radius 1 is 1.38 bits per heavy atom. The molecule has 0 radical (unpaired) electrons. The number of amides is 1. The number of nitrogens with one attached hydrogen (secondary N) is 1. The summed E-state index contributed by atoms with van der Waals surface area (Å²) in [6.45, 7) is 3.31. The first-order valence-electron chi connectivity index (χ1n) is 8.39.